The number of hydrogen-bond donors (Lipinski definition) is 0. The molecule has 1 aromatic heterocycles. The Morgan fingerprint density at radius 1 is 1.03 bits per heavy atom. The van der Waals surface area contributed by atoms with Gasteiger partial charge in [-0.15, -0.1) is 0 Å². The molecule has 0 aliphatic carbocycles. The monoisotopic (exact) mass is 729 g/mol. The molecule has 10 heteroatoms. The molecule has 0 amide bonds. The average Bonchev–Trinajstić information content (AvgIpc) is 2.79. The summed E-state index contributed by atoms with van der Waals surface area (Å²) in [5, 5.41) is 5.34. The van der Waals surface area contributed by atoms with Gasteiger partial charge in [-0.3, -0.25) is 4.79 Å². The van der Waals surface area contributed by atoms with E-state index in [1.165, 1.54) is 4.68 Å². The summed E-state index contributed by atoms with van der Waals surface area (Å²) >= 11 is 20.4. The molecule has 5 nitrogen and oxygen atoms in total. The summed E-state index contributed by atoms with van der Waals surface area (Å²) in [6, 6.07) is 14.9. The number of benzene rings is 3. The van der Waals surface area contributed by atoms with Gasteiger partial charge in [0.25, 0.3) is 5.56 Å². The van der Waals surface area contributed by atoms with E-state index in [1.807, 2.05) is 43.3 Å². The van der Waals surface area contributed by atoms with E-state index in [-0.39, 0.29) is 5.56 Å². The van der Waals surface area contributed by atoms with E-state index in [9.17, 15) is 4.79 Å². The van der Waals surface area contributed by atoms with Crippen LogP contribution in [0, 0.1) is 0 Å². The standard InChI is InChI=1S/C24H16Br4ClN3O2/c1-2-22-31-21-6-5-15(25)9-17(21)24(33)32(22)30-11-13-7-19(28)23(20(29)8-13)34-12-14-3-4-16(26)10-18(14)27/h3-11H,2,12H2,1H3. The lowest BCUT2D eigenvalue weighted by Crippen LogP contribution is -2.22. The quantitative estimate of drug-likeness (QED) is 0.188. The van der Waals surface area contributed by atoms with Crippen LogP contribution in [0.15, 0.2) is 76.3 Å². The molecule has 0 radical (unpaired) electrons. The first-order chi connectivity index (χ1) is 16.3. The van der Waals surface area contributed by atoms with Crippen LogP contribution >= 0.6 is 75.3 Å². The van der Waals surface area contributed by atoms with Crippen LogP contribution in [0.3, 0.4) is 0 Å². The normalized spacial score (nSPS) is 11.5. The maximum atomic E-state index is 13.1. The zero-order valence-corrected chi connectivity index (χ0v) is 24.8. The molecule has 3 aromatic carbocycles. The number of hydrogen-bond acceptors (Lipinski definition) is 4. The molecule has 0 N–H and O–H groups in total. The smallest absolute Gasteiger partial charge is 0.282 e. The molecule has 0 atom stereocenters. The van der Waals surface area contributed by atoms with Gasteiger partial charge in [-0.1, -0.05) is 72.4 Å². The number of halogens is 5. The molecular formula is C24H16Br4ClN3O2. The topological polar surface area (TPSA) is 56.5 Å². The first kappa shape index (κ1) is 25.6. The van der Waals surface area contributed by atoms with Gasteiger partial charge in [-0.05, 0) is 64.0 Å². The molecule has 174 valence electrons. The number of aryl methyl sites for hydroxylation is 1. The summed E-state index contributed by atoms with van der Waals surface area (Å²) in [5.41, 5.74) is 2.10. The lowest BCUT2D eigenvalue weighted by Gasteiger charge is -2.12. The molecule has 0 spiro atoms. The van der Waals surface area contributed by atoms with E-state index in [2.05, 4.69) is 73.8 Å². The first-order valence-corrected chi connectivity index (χ1v) is 13.6. The molecule has 0 aliphatic rings. The number of aromatic nitrogens is 2. The second kappa shape index (κ2) is 11.0. The van der Waals surface area contributed by atoms with Crippen molar-refractivity contribution >= 4 is 92.4 Å². The van der Waals surface area contributed by atoms with Crippen molar-refractivity contribution in [2.75, 3.05) is 0 Å². The zero-order chi connectivity index (χ0) is 24.4. The molecule has 0 saturated heterocycles. The van der Waals surface area contributed by atoms with Crippen molar-refractivity contribution in [3.63, 3.8) is 0 Å². The van der Waals surface area contributed by atoms with Crippen molar-refractivity contribution in [3.05, 3.63) is 98.7 Å². The Labute approximate surface area is 234 Å². The minimum absolute atomic E-state index is 0.232. The van der Waals surface area contributed by atoms with E-state index in [1.54, 1.807) is 18.3 Å². The number of fused-ring (bicyclic) bond motifs is 1. The van der Waals surface area contributed by atoms with Crippen LogP contribution in [0.4, 0.5) is 0 Å². The first-order valence-electron chi connectivity index (χ1n) is 10.1. The van der Waals surface area contributed by atoms with Gasteiger partial charge in [0.15, 0.2) is 5.75 Å². The molecule has 0 saturated carbocycles. The predicted octanol–water partition coefficient (Wildman–Crippen LogP) is 8.12. The molecule has 4 aromatic rings. The third kappa shape index (κ3) is 5.65. The summed E-state index contributed by atoms with van der Waals surface area (Å²) in [6.07, 6.45) is 2.14. The molecule has 34 heavy (non-hydrogen) atoms. The van der Waals surface area contributed by atoms with Crippen molar-refractivity contribution in [3.8, 4) is 5.75 Å². The van der Waals surface area contributed by atoms with Crippen molar-refractivity contribution in [1.82, 2.24) is 9.66 Å². The molecule has 4 rings (SSSR count). The summed E-state index contributed by atoms with van der Waals surface area (Å²) in [4.78, 5) is 17.7. The second-order valence-corrected chi connectivity index (χ2v) is 11.2. The third-order valence-corrected chi connectivity index (χ3v) is 7.52. The Morgan fingerprint density at radius 3 is 2.47 bits per heavy atom. The van der Waals surface area contributed by atoms with E-state index in [4.69, 9.17) is 16.3 Å². The van der Waals surface area contributed by atoms with Crippen LogP contribution in [0.2, 0.25) is 5.02 Å². The van der Waals surface area contributed by atoms with Crippen LogP contribution in [-0.4, -0.2) is 15.9 Å². The fraction of sp³-hybridized carbons (Fsp3) is 0.125. The number of rotatable bonds is 6. The predicted molar refractivity (Wildman–Crippen MR) is 151 cm³/mol. The zero-order valence-electron chi connectivity index (χ0n) is 17.7. The highest BCUT2D eigenvalue weighted by molar-refractivity contribution is 9.11. The SMILES string of the molecule is CCc1nc2ccc(Br)cc2c(=O)n1N=Cc1cc(Cl)c(OCc2ccc(Br)cc2Br)c(Br)c1. The fourth-order valence-electron chi connectivity index (χ4n) is 3.25. The molecule has 0 fully saturated rings. The Balaban J connectivity index is 1.62. The van der Waals surface area contributed by atoms with Gasteiger partial charge >= 0.3 is 0 Å². The van der Waals surface area contributed by atoms with Gasteiger partial charge in [0.05, 0.1) is 26.6 Å². The highest BCUT2D eigenvalue weighted by atomic mass is 79.9. The molecule has 1 heterocycles. The average molecular weight is 733 g/mol. The number of nitrogens with zero attached hydrogens (tertiary/aromatic N) is 3. The maximum Gasteiger partial charge on any atom is 0.282 e. The highest BCUT2D eigenvalue weighted by Crippen LogP contribution is 2.35. The minimum atomic E-state index is -0.232. The number of ether oxygens (including phenoxy) is 1. The molecule has 0 aliphatic heterocycles. The van der Waals surface area contributed by atoms with Gasteiger partial charge in [0.2, 0.25) is 0 Å². The van der Waals surface area contributed by atoms with Gasteiger partial charge < -0.3 is 4.74 Å². The van der Waals surface area contributed by atoms with Crippen LogP contribution in [0.1, 0.15) is 23.9 Å². The van der Waals surface area contributed by atoms with Crippen LogP contribution < -0.4 is 10.3 Å². The molecule has 0 bridgehead atoms. The lowest BCUT2D eigenvalue weighted by molar-refractivity contribution is 0.303. The fourth-order valence-corrected chi connectivity index (χ4v) is 5.76. The largest absolute Gasteiger partial charge is 0.486 e. The van der Waals surface area contributed by atoms with E-state index in [0.29, 0.717) is 50.6 Å². The maximum absolute atomic E-state index is 13.1. The second-order valence-electron chi connectivity index (χ2n) is 7.24. The van der Waals surface area contributed by atoms with Gasteiger partial charge in [0.1, 0.15) is 12.4 Å². The van der Waals surface area contributed by atoms with Crippen LogP contribution in [-0.2, 0) is 13.0 Å². The lowest BCUT2D eigenvalue weighted by atomic mass is 10.2. The Kier molecular flexibility index (Phi) is 8.30. The van der Waals surface area contributed by atoms with Crippen molar-refractivity contribution in [2.45, 2.75) is 20.0 Å². The van der Waals surface area contributed by atoms with Crippen molar-refractivity contribution < 1.29 is 4.74 Å². The van der Waals surface area contributed by atoms with Gasteiger partial charge in [-0.2, -0.15) is 9.78 Å². The molecular weight excluding hydrogens is 717 g/mol. The van der Waals surface area contributed by atoms with Gasteiger partial charge in [-0.25, -0.2) is 4.98 Å². The van der Waals surface area contributed by atoms with E-state index >= 15 is 0 Å². The highest BCUT2D eigenvalue weighted by Gasteiger charge is 2.12. The summed E-state index contributed by atoms with van der Waals surface area (Å²) in [6.45, 7) is 2.27. The van der Waals surface area contributed by atoms with E-state index in [0.717, 1.165) is 19.0 Å². The Hall–Kier alpha value is -1.52. The minimum Gasteiger partial charge on any atom is -0.486 e. The summed E-state index contributed by atoms with van der Waals surface area (Å²) in [5.74, 6) is 1.10. The van der Waals surface area contributed by atoms with Crippen molar-refractivity contribution in [1.29, 1.82) is 0 Å². The van der Waals surface area contributed by atoms with Crippen LogP contribution in [0.5, 0.6) is 5.75 Å². The Morgan fingerprint density at radius 2 is 1.76 bits per heavy atom. The third-order valence-electron chi connectivity index (χ3n) is 4.92. The summed E-state index contributed by atoms with van der Waals surface area (Å²) in [7, 11) is 0. The van der Waals surface area contributed by atoms with Gasteiger partial charge in [0, 0.05) is 25.4 Å². The van der Waals surface area contributed by atoms with Crippen LogP contribution in [0.25, 0.3) is 10.9 Å². The Bertz CT molecular complexity index is 1460. The van der Waals surface area contributed by atoms with E-state index < -0.39 is 0 Å². The summed E-state index contributed by atoms with van der Waals surface area (Å²) < 4.78 is 10.7. The van der Waals surface area contributed by atoms with Crippen molar-refractivity contribution in [2.24, 2.45) is 5.10 Å². The molecule has 0 unspecified atom stereocenters.